The van der Waals surface area contributed by atoms with Gasteiger partial charge in [-0.25, -0.2) is 12.7 Å². The van der Waals surface area contributed by atoms with E-state index in [1.165, 1.54) is 25.5 Å². The maximum atomic E-state index is 11.6. The predicted molar refractivity (Wildman–Crippen MR) is 80.7 cm³/mol. The summed E-state index contributed by atoms with van der Waals surface area (Å²) < 4.78 is 24.8. The van der Waals surface area contributed by atoms with Crippen molar-refractivity contribution in [3.8, 4) is 0 Å². The van der Waals surface area contributed by atoms with Crippen LogP contribution < -0.4 is 5.32 Å². The molecule has 1 aliphatic heterocycles. The van der Waals surface area contributed by atoms with Gasteiger partial charge < -0.3 is 5.32 Å². The highest BCUT2D eigenvalue weighted by Crippen LogP contribution is 2.25. The van der Waals surface area contributed by atoms with Crippen LogP contribution in [-0.4, -0.2) is 45.2 Å². The minimum Gasteiger partial charge on any atom is -0.317 e. The number of hydrogen-bond donors (Lipinski definition) is 1. The molecule has 0 spiro atoms. The van der Waals surface area contributed by atoms with Gasteiger partial charge in [0.25, 0.3) is 0 Å². The summed E-state index contributed by atoms with van der Waals surface area (Å²) in [4.78, 5) is 0. The standard InChI is InChI=1S/C14H30N2O2S/c1-4-8-15-9-7-13(2)11-14-6-5-10-16(12-14)19(3,17)18/h13-15H,4-12H2,1-3H3. The third kappa shape index (κ3) is 6.72. The summed E-state index contributed by atoms with van der Waals surface area (Å²) in [6.45, 7) is 8.08. The molecule has 19 heavy (non-hydrogen) atoms. The van der Waals surface area contributed by atoms with E-state index >= 15 is 0 Å². The number of nitrogens with one attached hydrogen (secondary N) is 1. The molecule has 1 rings (SSSR count). The van der Waals surface area contributed by atoms with Crippen molar-refractivity contribution in [2.75, 3.05) is 32.4 Å². The van der Waals surface area contributed by atoms with Crippen LogP contribution in [0, 0.1) is 11.8 Å². The van der Waals surface area contributed by atoms with Gasteiger partial charge in [-0.15, -0.1) is 0 Å². The Bertz CT molecular complexity index is 343. The summed E-state index contributed by atoms with van der Waals surface area (Å²) in [5.74, 6) is 1.22. The molecule has 4 nitrogen and oxygen atoms in total. The molecule has 0 bridgehead atoms. The van der Waals surface area contributed by atoms with Gasteiger partial charge in [-0.3, -0.25) is 0 Å². The molecule has 1 N–H and O–H groups in total. The van der Waals surface area contributed by atoms with Gasteiger partial charge in [-0.05, 0) is 57.0 Å². The number of hydrogen-bond acceptors (Lipinski definition) is 3. The molecule has 0 saturated carbocycles. The lowest BCUT2D eigenvalue weighted by molar-refractivity contribution is 0.231. The third-order valence-electron chi connectivity index (χ3n) is 3.93. The van der Waals surface area contributed by atoms with Crippen LogP contribution in [0.3, 0.4) is 0 Å². The van der Waals surface area contributed by atoms with E-state index in [0.717, 1.165) is 32.5 Å². The van der Waals surface area contributed by atoms with E-state index in [1.807, 2.05) is 0 Å². The number of piperidine rings is 1. The topological polar surface area (TPSA) is 49.4 Å². The van der Waals surface area contributed by atoms with Crippen LogP contribution in [0.1, 0.15) is 46.0 Å². The summed E-state index contributed by atoms with van der Waals surface area (Å²) in [6.07, 6.45) is 7.04. The molecule has 1 fully saturated rings. The van der Waals surface area contributed by atoms with Crippen molar-refractivity contribution in [2.45, 2.75) is 46.0 Å². The average Bonchev–Trinajstić information content (AvgIpc) is 2.34. The van der Waals surface area contributed by atoms with Crippen molar-refractivity contribution in [1.82, 2.24) is 9.62 Å². The zero-order valence-corrected chi connectivity index (χ0v) is 13.5. The Balaban J connectivity index is 2.28. The molecule has 1 saturated heterocycles. The van der Waals surface area contributed by atoms with Crippen LogP contribution in [-0.2, 0) is 10.0 Å². The smallest absolute Gasteiger partial charge is 0.211 e. The first-order valence-electron chi connectivity index (χ1n) is 7.59. The van der Waals surface area contributed by atoms with Crippen LogP contribution in [0.4, 0.5) is 0 Å². The van der Waals surface area contributed by atoms with Gasteiger partial charge in [0.15, 0.2) is 0 Å². The van der Waals surface area contributed by atoms with E-state index in [0.29, 0.717) is 18.4 Å². The van der Waals surface area contributed by atoms with Crippen LogP contribution in [0.2, 0.25) is 0 Å². The molecular weight excluding hydrogens is 260 g/mol. The molecule has 2 unspecified atom stereocenters. The highest BCUT2D eigenvalue weighted by atomic mass is 32.2. The first-order valence-corrected chi connectivity index (χ1v) is 9.44. The summed E-state index contributed by atoms with van der Waals surface area (Å²) in [5, 5.41) is 3.43. The number of sulfonamides is 1. The number of rotatable bonds is 8. The molecule has 0 aromatic heterocycles. The molecular formula is C14H30N2O2S. The van der Waals surface area contributed by atoms with Gasteiger partial charge >= 0.3 is 0 Å². The molecule has 1 aliphatic rings. The van der Waals surface area contributed by atoms with Gasteiger partial charge in [-0.1, -0.05) is 13.8 Å². The average molecular weight is 290 g/mol. The Hall–Kier alpha value is -0.130. The largest absolute Gasteiger partial charge is 0.317 e. The quantitative estimate of drug-likeness (QED) is 0.696. The second-order valence-electron chi connectivity index (χ2n) is 6.01. The lowest BCUT2D eigenvalue weighted by Crippen LogP contribution is -2.39. The van der Waals surface area contributed by atoms with E-state index in [1.54, 1.807) is 4.31 Å². The molecule has 0 radical (unpaired) electrons. The second kappa shape index (κ2) is 8.22. The van der Waals surface area contributed by atoms with Gasteiger partial charge in [0.1, 0.15) is 0 Å². The molecule has 0 amide bonds. The molecule has 0 aromatic rings. The molecule has 0 aliphatic carbocycles. The molecule has 2 atom stereocenters. The Kier molecular flexibility index (Phi) is 7.32. The van der Waals surface area contributed by atoms with Crippen molar-refractivity contribution in [3.05, 3.63) is 0 Å². The highest BCUT2D eigenvalue weighted by molar-refractivity contribution is 7.88. The van der Waals surface area contributed by atoms with E-state index in [9.17, 15) is 8.42 Å². The minimum absolute atomic E-state index is 0.546. The fourth-order valence-electron chi connectivity index (χ4n) is 2.86. The first-order chi connectivity index (χ1) is 8.93. The van der Waals surface area contributed by atoms with Gasteiger partial charge in [0.2, 0.25) is 10.0 Å². The molecule has 5 heteroatoms. The fourth-order valence-corrected chi connectivity index (χ4v) is 3.80. The fraction of sp³-hybridized carbons (Fsp3) is 1.00. The van der Waals surface area contributed by atoms with Gasteiger partial charge in [0, 0.05) is 13.1 Å². The summed E-state index contributed by atoms with van der Waals surface area (Å²) in [6, 6.07) is 0. The monoisotopic (exact) mass is 290 g/mol. The van der Waals surface area contributed by atoms with E-state index in [2.05, 4.69) is 19.2 Å². The normalized spacial score (nSPS) is 23.4. The summed E-state index contributed by atoms with van der Waals surface area (Å²) >= 11 is 0. The van der Waals surface area contributed by atoms with Gasteiger partial charge in [-0.2, -0.15) is 0 Å². The summed E-state index contributed by atoms with van der Waals surface area (Å²) in [7, 11) is -3.00. The maximum absolute atomic E-state index is 11.6. The predicted octanol–water partition coefficient (Wildman–Crippen LogP) is 2.07. The maximum Gasteiger partial charge on any atom is 0.211 e. The van der Waals surface area contributed by atoms with Gasteiger partial charge in [0.05, 0.1) is 6.26 Å². The summed E-state index contributed by atoms with van der Waals surface area (Å²) in [5.41, 5.74) is 0. The Morgan fingerprint density at radius 1 is 1.37 bits per heavy atom. The van der Waals surface area contributed by atoms with Crippen molar-refractivity contribution in [3.63, 3.8) is 0 Å². The zero-order chi connectivity index (χ0) is 14.3. The Labute approximate surface area is 119 Å². The van der Waals surface area contributed by atoms with E-state index in [4.69, 9.17) is 0 Å². The third-order valence-corrected chi connectivity index (χ3v) is 5.20. The van der Waals surface area contributed by atoms with E-state index < -0.39 is 10.0 Å². The Morgan fingerprint density at radius 3 is 2.74 bits per heavy atom. The SMILES string of the molecule is CCCNCCC(C)CC1CCCN(S(C)(=O)=O)C1. The molecule has 0 aromatic carbocycles. The number of nitrogens with zero attached hydrogens (tertiary/aromatic N) is 1. The van der Waals surface area contributed by atoms with Crippen molar-refractivity contribution < 1.29 is 8.42 Å². The van der Waals surface area contributed by atoms with Crippen LogP contribution in [0.15, 0.2) is 0 Å². The zero-order valence-electron chi connectivity index (χ0n) is 12.7. The van der Waals surface area contributed by atoms with E-state index in [-0.39, 0.29) is 0 Å². The Morgan fingerprint density at radius 2 is 2.11 bits per heavy atom. The lowest BCUT2D eigenvalue weighted by atomic mass is 9.88. The lowest BCUT2D eigenvalue weighted by Gasteiger charge is -2.32. The van der Waals surface area contributed by atoms with Crippen molar-refractivity contribution in [2.24, 2.45) is 11.8 Å². The van der Waals surface area contributed by atoms with Crippen molar-refractivity contribution in [1.29, 1.82) is 0 Å². The van der Waals surface area contributed by atoms with Crippen molar-refractivity contribution >= 4 is 10.0 Å². The highest BCUT2D eigenvalue weighted by Gasteiger charge is 2.26. The second-order valence-corrected chi connectivity index (χ2v) is 7.99. The minimum atomic E-state index is -3.00. The van der Waals surface area contributed by atoms with Crippen LogP contribution in [0.5, 0.6) is 0 Å². The van der Waals surface area contributed by atoms with Crippen LogP contribution >= 0.6 is 0 Å². The first kappa shape index (κ1) is 16.9. The van der Waals surface area contributed by atoms with Crippen LogP contribution in [0.25, 0.3) is 0 Å². The molecule has 114 valence electrons. The molecule has 1 heterocycles.